The van der Waals surface area contributed by atoms with Gasteiger partial charge in [0.05, 0.1) is 41.8 Å². The van der Waals surface area contributed by atoms with Gasteiger partial charge in [-0.2, -0.15) is 19.2 Å². The number of carboxylic acids is 3. The SMILES string of the molecule is O=C=O.O=C=O.[2H]C(=O)OCc1ccc(NC(=O)[C@H](CCCCC(N)=O)NC(=O)[C@@H](CC(=O)CCCCCN2C(=O)CC(SC[C@H](CC(=O)[C@H](CC(=O)O)NC(=O)[C@H](CCCNC(=N)N)CC(=O)[C@H](CC(=O)O)NC(=O)[C@H](CCCCn3cc(CCCC(=O)Nc4nnc(NS(=O)[O-])s4)nn3)NC(=O)CCNC(=O)CCNC(=O)CCC(C)(c3ccc(O)cc3)c3ccc(O)cc3)C(=O)O)C2=O)C(C)C)cc1. The van der Waals surface area contributed by atoms with Crippen LogP contribution in [-0.4, -0.2) is 251 Å². The fourth-order valence-electron chi connectivity index (χ4n) is 14.5. The number of thioether (sulfide) groups is 1. The standard InChI is InChI=1S/C87H119N19O26S3.2CO2/c1-51(2)62(79(124)96-64(16-6-7-18-70(88)113)80(125)94-57-26-20-52(21-27-57)48-132-50-107)43-61(110)15-5-4-9-40-106-75(118)46-69(82(106)127)133-49-54(83(128)129)42-68(112)65(44-76(119)120)97-78(123)53(13-12-36-93-84(89)90)41-67(111)66(45-77(121)122)98-81(126)63(17-8-10-39-105-47-58(100-104-105)14-11-19-73(116)99-85-101-102-86(134-85)103-135(130)131)95-74(117)34-38-92-72(115)33-37-91-71(114)32-35-87(3,55-22-28-59(108)29-23-55)56-24-30-60(109)31-25-56;2*2-1-3/h20-31,47,50-51,53-54,62-66,69,108-109H,4-19,32-46,48-49H2,1-3H3,(H2,88,113)(H,91,114)(H,92,115)(H,94,125)(H,95,117)(H,96,124)(H,97,123)(H,98,126)(H,102,103)(H,119,120)(H,121,122)(H,128,129)(H,130,131)(H4,89,90,93)(H,99,101,116);;/p-1/t53-,54+,62+,63+,64+,65+,66+,69?;;/m1../s1/i50D;;. The molecule has 1 fully saturated rings. The molecule has 1 saturated heterocycles. The molecule has 0 aliphatic carbocycles. The number of imide groups is 1. The Morgan fingerprint density at radius 1 is 0.610 bits per heavy atom. The minimum absolute atomic E-state index is 0.00205. The lowest BCUT2D eigenvalue weighted by Gasteiger charge is -2.31. The van der Waals surface area contributed by atoms with E-state index < -0.39 is 209 Å². The van der Waals surface area contributed by atoms with Gasteiger partial charge in [0.25, 0.3) is 6.45 Å². The summed E-state index contributed by atoms with van der Waals surface area (Å²) in [4.78, 5) is 272. The lowest BCUT2D eigenvalue weighted by atomic mass is 9.73. The van der Waals surface area contributed by atoms with E-state index in [0.29, 0.717) is 49.0 Å². The van der Waals surface area contributed by atoms with Crippen molar-refractivity contribution in [3.63, 3.8) is 0 Å². The van der Waals surface area contributed by atoms with Crippen molar-refractivity contribution in [1.82, 2.24) is 67.3 Å². The lowest BCUT2D eigenvalue weighted by molar-refractivity contribution is -0.193. The molecule has 5 aromatic rings. The number of aromatic nitrogens is 5. The molecule has 3 aromatic carbocycles. The molecule has 2 aromatic heterocycles. The molecule has 768 valence electrons. The smallest absolute Gasteiger partial charge is 0.373 e. The molecule has 141 heavy (non-hydrogen) atoms. The molecular weight excluding hydrogens is 1910 g/mol. The number of nitrogens with two attached hydrogens (primary N) is 2. The fourth-order valence-corrected chi connectivity index (χ4v) is 16.8. The number of aryl methyl sites for hydroxylation is 2. The average molecular weight is 2030 g/mol. The highest BCUT2D eigenvalue weighted by Crippen LogP contribution is 2.38. The number of aliphatic carboxylic acids is 3. The maximum atomic E-state index is 14.5. The largest absolute Gasteiger partial charge is 0.755 e. The van der Waals surface area contributed by atoms with E-state index in [0.717, 1.165) is 39.1 Å². The number of aromatic hydroxyl groups is 2. The molecule has 2 unspecified atom stereocenters. The first-order valence-electron chi connectivity index (χ1n) is 45.2. The van der Waals surface area contributed by atoms with Gasteiger partial charge in [0.2, 0.25) is 75.2 Å². The number of likely N-dealkylation sites (tertiary alicyclic amines) is 1. The summed E-state index contributed by atoms with van der Waals surface area (Å²) >= 11 is -1.12. The Labute approximate surface area is 820 Å². The van der Waals surface area contributed by atoms with E-state index in [4.69, 9.17) is 37.4 Å². The molecular formula is C89H118N19O30S3-. The van der Waals surface area contributed by atoms with E-state index >= 15 is 0 Å². The quantitative estimate of drug-likeness (QED) is 0.00660. The zero-order chi connectivity index (χ0) is 106. The van der Waals surface area contributed by atoms with Crippen LogP contribution in [0.1, 0.15) is 205 Å². The third kappa shape index (κ3) is 46.2. The van der Waals surface area contributed by atoms with Crippen LogP contribution in [0.3, 0.4) is 0 Å². The maximum Gasteiger partial charge on any atom is 0.373 e. The Kier molecular flexibility index (Phi) is 53.0. The molecule has 0 spiro atoms. The summed E-state index contributed by atoms with van der Waals surface area (Å²) in [7, 11) is 0. The number of guanidine groups is 1. The second-order valence-corrected chi connectivity index (χ2v) is 35.9. The van der Waals surface area contributed by atoms with Gasteiger partial charge in [-0.1, -0.05) is 86.6 Å². The molecule has 1 aliphatic rings. The van der Waals surface area contributed by atoms with Crippen LogP contribution in [0.4, 0.5) is 16.0 Å². The Hall–Kier alpha value is -14.5. The molecule has 3 heterocycles. The second-order valence-electron chi connectivity index (χ2n) is 33.1. The number of carboxylic acid groups (broad SMARTS) is 3. The van der Waals surface area contributed by atoms with Gasteiger partial charge in [0.1, 0.15) is 36.0 Å². The summed E-state index contributed by atoms with van der Waals surface area (Å²) in [6, 6.07) is 12.6. The molecule has 0 saturated carbocycles. The number of carbonyl (C=O) groups excluding carboxylic acids is 19. The van der Waals surface area contributed by atoms with Crippen LogP contribution < -0.4 is 64.0 Å². The third-order valence-electron chi connectivity index (χ3n) is 22.0. The lowest BCUT2D eigenvalue weighted by Crippen LogP contribution is -2.53. The van der Waals surface area contributed by atoms with Crippen molar-refractivity contribution < 1.29 is 146 Å². The van der Waals surface area contributed by atoms with Gasteiger partial charge >= 0.3 is 30.2 Å². The molecule has 11 amide bonds. The first-order chi connectivity index (χ1) is 67.4. The van der Waals surface area contributed by atoms with Crippen molar-refractivity contribution in [2.75, 3.05) is 47.3 Å². The molecule has 0 radical (unpaired) electrons. The number of anilines is 3. The molecule has 20 N–H and O–H groups in total. The highest BCUT2D eigenvalue weighted by atomic mass is 32.2. The Balaban J connectivity index is 0.00000682. The predicted molar refractivity (Wildman–Crippen MR) is 498 cm³/mol. The summed E-state index contributed by atoms with van der Waals surface area (Å²) in [5.74, 6) is -20.1. The third-order valence-corrected chi connectivity index (χ3v) is 24.6. The number of hydrogen-bond donors (Lipinski definition) is 18. The number of phenolic OH excluding ortho intramolecular Hbond substituents is 2. The number of benzene rings is 3. The monoisotopic (exact) mass is 2030 g/mol. The zero-order valence-corrected chi connectivity index (χ0v) is 80.0. The van der Waals surface area contributed by atoms with Crippen LogP contribution in [0.25, 0.3) is 0 Å². The van der Waals surface area contributed by atoms with Crippen molar-refractivity contribution >= 4 is 175 Å². The molecule has 52 heteroatoms. The first kappa shape index (κ1) is 117. The molecule has 0 bridgehead atoms. The van der Waals surface area contributed by atoms with Gasteiger partial charge < -0.3 is 94.1 Å². The number of ketones is 3. The van der Waals surface area contributed by atoms with Gasteiger partial charge in [0.15, 0.2) is 18.9 Å². The van der Waals surface area contributed by atoms with Crippen molar-refractivity contribution in [1.29, 1.82) is 5.41 Å². The summed E-state index contributed by atoms with van der Waals surface area (Å²) in [6.45, 7) is 4.82. The Bertz CT molecular complexity index is 5170. The van der Waals surface area contributed by atoms with Gasteiger partial charge in [-0.05, 0) is 136 Å². The Morgan fingerprint density at radius 2 is 1.16 bits per heavy atom. The van der Waals surface area contributed by atoms with Crippen LogP contribution in [0.15, 0.2) is 79.0 Å². The first-order valence-corrected chi connectivity index (χ1v) is 47.6. The number of nitrogens with zero attached hydrogens (tertiary/aromatic N) is 6. The summed E-state index contributed by atoms with van der Waals surface area (Å²) in [5, 5.41) is 95.7. The van der Waals surface area contributed by atoms with Crippen molar-refractivity contribution in [2.24, 2.45) is 35.1 Å². The highest BCUT2D eigenvalue weighted by Gasteiger charge is 2.41. The topological polar surface area (TPSA) is 782 Å². The van der Waals surface area contributed by atoms with Crippen LogP contribution in [0, 0.1) is 29.1 Å². The van der Waals surface area contributed by atoms with Crippen LogP contribution in [-0.2, 0) is 146 Å². The van der Waals surface area contributed by atoms with E-state index in [1.54, 1.807) is 56.4 Å². The molecule has 49 nitrogen and oxygen atoms in total. The van der Waals surface area contributed by atoms with E-state index in [1.807, 2.05) is 11.6 Å². The Morgan fingerprint density at radius 3 is 1.72 bits per heavy atom. The minimum atomic E-state index is -2.66. The number of unbranched alkanes of at least 4 members (excludes halogenated alkanes) is 4. The number of primary amides is 1. The summed E-state index contributed by atoms with van der Waals surface area (Å²) in [6.07, 6.45) is -1.95. The highest BCUT2D eigenvalue weighted by molar-refractivity contribution is 8.00. The van der Waals surface area contributed by atoms with Gasteiger partial charge in [-0.15, -0.1) is 27.1 Å². The van der Waals surface area contributed by atoms with Crippen LogP contribution >= 0.6 is 23.1 Å². The maximum absolute atomic E-state index is 14.5. The van der Waals surface area contributed by atoms with E-state index in [9.17, 15) is 121 Å². The van der Waals surface area contributed by atoms with Gasteiger partial charge in [-0.25, -0.2) is 0 Å². The van der Waals surface area contributed by atoms with Crippen molar-refractivity contribution in [3.8, 4) is 11.5 Å². The number of Topliss-reactive ketones (excluding diaryl/α,β-unsaturated/α-hetero) is 3. The molecule has 6 rings (SSSR count). The van der Waals surface area contributed by atoms with E-state index in [-0.39, 0.29) is 188 Å². The van der Waals surface area contributed by atoms with E-state index in [1.165, 1.54) is 41.1 Å². The zero-order valence-electron chi connectivity index (χ0n) is 78.5. The van der Waals surface area contributed by atoms with Crippen LogP contribution in [0.2, 0.25) is 0 Å². The fraction of sp³-hybridized carbons (Fsp3) is 0.517. The number of ether oxygens (including phenoxy) is 1. The molecule has 1 aliphatic heterocycles. The predicted octanol–water partition coefficient (Wildman–Crippen LogP) is 1.91. The number of phenols is 2. The van der Waals surface area contributed by atoms with Gasteiger partial charge in [-0.3, -0.25) is 110 Å². The minimum Gasteiger partial charge on any atom is -0.755 e. The number of rotatable bonds is 66. The number of nitrogens with one attached hydrogen (secondary N) is 11. The summed E-state index contributed by atoms with van der Waals surface area (Å²) < 4.78 is 37.0. The van der Waals surface area contributed by atoms with Crippen molar-refractivity contribution in [3.05, 3.63) is 101 Å². The second kappa shape index (κ2) is 63.9. The summed E-state index contributed by atoms with van der Waals surface area (Å²) in [5.41, 5.74) is 13.0. The van der Waals surface area contributed by atoms with Crippen LogP contribution in [0.5, 0.6) is 11.5 Å². The average Bonchev–Trinajstić information content (AvgIpc) is 0.818. The van der Waals surface area contributed by atoms with E-state index in [2.05, 4.69) is 73.1 Å². The molecule has 9 atom stereocenters. The van der Waals surface area contributed by atoms with Gasteiger partial charge in [0, 0.05) is 143 Å². The normalized spacial score (nSPS) is 13.8. The number of hydrogen-bond acceptors (Lipinski definition) is 34. The number of carbonyl (C=O) groups is 18. The van der Waals surface area contributed by atoms with Crippen molar-refractivity contribution in [2.45, 2.75) is 236 Å². The number of amides is 11.